The van der Waals surface area contributed by atoms with Gasteiger partial charge in [0.05, 0.1) is 19.2 Å². The van der Waals surface area contributed by atoms with E-state index in [4.69, 9.17) is 16.6 Å². The van der Waals surface area contributed by atoms with Crippen molar-refractivity contribution in [1.29, 1.82) is 0 Å². The largest absolute Gasteiger partial charge is 0.481 e. The lowest BCUT2D eigenvalue weighted by Gasteiger charge is -2.29. The molecule has 0 saturated carbocycles. The van der Waals surface area contributed by atoms with Crippen molar-refractivity contribution in [2.75, 3.05) is 32.8 Å². The van der Waals surface area contributed by atoms with Gasteiger partial charge >= 0.3 is 11.9 Å². The number of hydrogen-bond donors (Lipinski definition) is 9. The number of carbonyl (C=O) groups excluding carboxylic acids is 6. The number of aliphatic hydroxyl groups is 1. The molecule has 2 aliphatic heterocycles. The van der Waals surface area contributed by atoms with Gasteiger partial charge in [0, 0.05) is 25.9 Å². The molecule has 0 bridgehead atoms. The first-order valence-corrected chi connectivity index (χ1v) is 18.1. The summed E-state index contributed by atoms with van der Waals surface area (Å²) in [4.78, 5) is 104. The highest BCUT2D eigenvalue weighted by Gasteiger charge is 2.39. The summed E-state index contributed by atoms with van der Waals surface area (Å²) >= 11 is 0. The summed E-state index contributed by atoms with van der Waals surface area (Å²) in [5.41, 5.74) is 12.0. The molecule has 1 aromatic carbocycles. The van der Waals surface area contributed by atoms with Crippen LogP contribution in [0.15, 0.2) is 30.3 Å². The summed E-state index contributed by atoms with van der Waals surface area (Å²) in [6, 6.07) is 1.62. The van der Waals surface area contributed by atoms with E-state index in [1.54, 1.807) is 30.3 Å². The molecule has 6 atom stereocenters. The van der Waals surface area contributed by atoms with Crippen LogP contribution in [0.3, 0.4) is 0 Å². The Bertz CT molecular complexity index is 1500. The lowest BCUT2D eigenvalue weighted by Crippen LogP contribution is -2.59. The minimum absolute atomic E-state index is 0.0242. The van der Waals surface area contributed by atoms with Gasteiger partial charge in [-0.2, -0.15) is 0 Å². The summed E-state index contributed by atoms with van der Waals surface area (Å²) in [6.07, 6.45) is 2.27. The number of nitrogens with two attached hydrogens (primary N) is 2. The predicted molar refractivity (Wildman–Crippen MR) is 191 cm³/mol. The summed E-state index contributed by atoms with van der Waals surface area (Å²) in [5, 5.41) is 38.4. The maximum Gasteiger partial charge on any atom is 0.326 e. The van der Waals surface area contributed by atoms with E-state index in [9.17, 15) is 48.6 Å². The van der Waals surface area contributed by atoms with E-state index in [2.05, 4.69) is 21.3 Å². The van der Waals surface area contributed by atoms with Crippen LogP contribution < -0.4 is 32.7 Å². The number of aliphatic hydroxyl groups excluding tert-OH is 1. The van der Waals surface area contributed by atoms with Gasteiger partial charge in [-0.3, -0.25) is 33.6 Å². The number of unbranched alkanes of at least 4 members (excludes halogenated alkanes) is 1. The number of rotatable bonds is 21. The molecule has 3 rings (SSSR count). The van der Waals surface area contributed by atoms with Crippen LogP contribution in [0.1, 0.15) is 63.4 Å². The Morgan fingerprint density at radius 2 is 1.39 bits per heavy atom. The fourth-order valence-electron chi connectivity index (χ4n) is 6.46. The Morgan fingerprint density at radius 1 is 0.778 bits per heavy atom. The molecule has 0 spiro atoms. The standard InChI is InChI=1S/C35H52N8O11/c36-15-5-4-10-23(35(53)54)39-32(50)26-11-6-16-42(26)28(45)19-38-30(48)25(20-44)41-31(49)24(18-21-8-2-1-3-9-21)40-33(51)27-12-7-17-43(27)34(52)22(37)13-14-29(46)47/h1-3,8-9,22-27,44H,4-7,10-20,36-37H2,(H,38,48)(H,39,50)(H,40,51)(H,41,49)(H,46,47)(H,53,54)/t22-,23-,24-,25-,26-,27-/m0/s1. The SMILES string of the molecule is NCCCC[C@H](NC(=O)[C@@H]1CCCN1C(=O)CNC(=O)[C@H](CO)NC(=O)[C@H](Cc1ccccc1)NC(=O)[C@@H]1CCCN1C(=O)[C@@H](N)CCC(=O)O)C(=O)O. The van der Waals surface area contributed by atoms with E-state index in [1.807, 2.05) is 0 Å². The number of carboxylic acid groups (broad SMARTS) is 2. The highest BCUT2D eigenvalue weighted by Crippen LogP contribution is 2.20. The van der Waals surface area contributed by atoms with E-state index in [0.717, 1.165) is 0 Å². The van der Waals surface area contributed by atoms with Crippen molar-refractivity contribution in [2.45, 2.75) is 100 Å². The normalized spacial score (nSPS) is 18.9. The van der Waals surface area contributed by atoms with Crippen molar-refractivity contribution in [3.05, 3.63) is 35.9 Å². The Kier molecular flexibility index (Phi) is 17.3. The van der Waals surface area contributed by atoms with E-state index in [0.29, 0.717) is 37.8 Å². The van der Waals surface area contributed by atoms with Gasteiger partial charge in [0.1, 0.15) is 30.2 Å². The monoisotopic (exact) mass is 760 g/mol. The Balaban J connectivity index is 1.63. The maximum atomic E-state index is 13.6. The molecule has 2 heterocycles. The lowest BCUT2D eigenvalue weighted by molar-refractivity contribution is -0.144. The molecular formula is C35H52N8O11. The van der Waals surface area contributed by atoms with Crippen molar-refractivity contribution < 1.29 is 53.7 Å². The third-order valence-electron chi connectivity index (χ3n) is 9.41. The number of nitrogens with zero attached hydrogens (tertiary/aromatic N) is 2. The van der Waals surface area contributed by atoms with E-state index in [-0.39, 0.29) is 51.6 Å². The van der Waals surface area contributed by atoms with Gasteiger partial charge in [-0.25, -0.2) is 4.79 Å². The van der Waals surface area contributed by atoms with Crippen LogP contribution >= 0.6 is 0 Å². The molecule has 6 amide bonds. The topological polar surface area (TPSA) is 304 Å². The van der Waals surface area contributed by atoms with Crippen LogP contribution in [0.2, 0.25) is 0 Å². The number of benzene rings is 1. The quantitative estimate of drug-likeness (QED) is 0.0572. The van der Waals surface area contributed by atoms with Crippen molar-refractivity contribution >= 4 is 47.4 Å². The van der Waals surface area contributed by atoms with E-state index >= 15 is 0 Å². The highest BCUT2D eigenvalue weighted by atomic mass is 16.4. The third-order valence-corrected chi connectivity index (χ3v) is 9.41. The maximum absolute atomic E-state index is 13.6. The van der Waals surface area contributed by atoms with Crippen LogP contribution in [-0.4, -0.2) is 142 Å². The van der Waals surface area contributed by atoms with Gasteiger partial charge in [0.2, 0.25) is 35.4 Å². The Labute approximate surface area is 312 Å². The Morgan fingerprint density at radius 3 is 1.98 bits per heavy atom. The third kappa shape index (κ3) is 12.8. The van der Waals surface area contributed by atoms with Crippen LogP contribution in [0.5, 0.6) is 0 Å². The molecule has 1 aromatic rings. The minimum Gasteiger partial charge on any atom is -0.481 e. The predicted octanol–water partition coefficient (Wildman–Crippen LogP) is -2.82. The molecule has 19 heteroatoms. The van der Waals surface area contributed by atoms with Crippen LogP contribution in [-0.2, 0) is 44.8 Å². The van der Waals surface area contributed by atoms with Gasteiger partial charge in [-0.05, 0) is 63.5 Å². The number of amides is 6. The molecule has 0 unspecified atom stereocenters. The van der Waals surface area contributed by atoms with E-state index < -0.39 is 96.8 Å². The fraction of sp³-hybridized carbons (Fsp3) is 0.600. The first-order chi connectivity index (χ1) is 25.8. The summed E-state index contributed by atoms with van der Waals surface area (Å²) in [7, 11) is 0. The van der Waals surface area contributed by atoms with Gasteiger partial charge < -0.3 is 57.9 Å². The molecular weight excluding hydrogens is 708 g/mol. The second-order valence-corrected chi connectivity index (χ2v) is 13.4. The number of hydrogen-bond acceptors (Lipinski definition) is 11. The second-order valence-electron chi connectivity index (χ2n) is 13.4. The zero-order valence-corrected chi connectivity index (χ0v) is 30.1. The summed E-state index contributed by atoms with van der Waals surface area (Å²) < 4.78 is 0. The average Bonchev–Trinajstić information content (AvgIpc) is 3.85. The molecule has 0 radical (unpaired) electrons. The van der Waals surface area contributed by atoms with Crippen molar-refractivity contribution in [2.24, 2.45) is 11.5 Å². The summed E-state index contributed by atoms with van der Waals surface area (Å²) in [6.45, 7) is -0.678. The molecule has 11 N–H and O–H groups in total. The van der Waals surface area contributed by atoms with Gasteiger partial charge in [-0.15, -0.1) is 0 Å². The van der Waals surface area contributed by atoms with Gasteiger partial charge in [-0.1, -0.05) is 30.3 Å². The molecule has 0 aliphatic carbocycles. The van der Waals surface area contributed by atoms with Crippen LogP contribution in [0.4, 0.5) is 0 Å². The lowest BCUT2D eigenvalue weighted by atomic mass is 10.0. The highest BCUT2D eigenvalue weighted by molar-refractivity contribution is 5.96. The van der Waals surface area contributed by atoms with Crippen LogP contribution in [0.25, 0.3) is 0 Å². The molecule has 2 fully saturated rings. The Hall–Kier alpha value is -5.14. The second kappa shape index (κ2) is 21.5. The summed E-state index contributed by atoms with van der Waals surface area (Å²) in [5.74, 6) is -6.60. The van der Waals surface area contributed by atoms with Gasteiger partial charge in [0.25, 0.3) is 0 Å². The first kappa shape index (κ1) is 43.3. The number of nitrogens with one attached hydrogen (secondary N) is 4. The fourth-order valence-corrected chi connectivity index (χ4v) is 6.46. The molecule has 0 aromatic heterocycles. The smallest absolute Gasteiger partial charge is 0.326 e. The number of likely N-dealkylation sites (tertiary alicyclic amines) is 2. The number of carbonyl (C=O) groups is 8. The minimum atomic E-state index is -1.54. The van der Waals surface area contributed by atoms with Crippen molar-refractivity contribution in [1.82, 2.24) is 31.1 Å². The zero-order valence-electron chi connectivity index (χ0n) is 30.1. The molecule has 19 nitrogen and oxygen atoms in total. The number of carboxylic acids is 2. The van der Waals surface area contributed by atoms with Gasteiger partial charge in [0.15, 0.2) is 0 Å². The van der Waals surface area contributed by atoms with Crippen molar-refractivity contribution in [3.63, 3.8) is 0 Å². The molecule has 2 aliphatic rings. The van der Waals surface area contributed by atoms with Crippen LogP contribution in [0, 0.1) is 0 Å². The first-order valence-electron chi connectivity index (χ1n) is 18.1. The molecule has 298 valence electrons. The number of aliphatic carboxylic acids is 2. The average molecular weight is 761 g/mol. The van der Waals surface area contributed by atoms with Crippen molar-refractivity contribution in [3.8, 4) is 0 Å². The molecule has 2 saturated heterocycles. The molecule has 54 heavy (non-hydrogen) atoms. The zero-order chi connectivity index (χ0) is 39.8. The van der Waals surface area contributed by atoms with E-state index in [1.165, 1.54) is 9.80 Å².